The van der Waals surface area contributed by atoms with Crippen LogP contribution in [0, 0.1) is 0 Å². The summed E-state index contributed by atoms with van der Waals surface area (Å²) in [6, 6.07) is 10.7. The van der Waals surface area contributed by atoms with Crippen molar-refractivity contribution in [2.24, 2.45) is 0 Å². The van der Waals surface area contributed by atoms with Gasteiger partial charge < -0.3 is 9.15 Å². The maximum absolute atomic E-state index is 12.4. The van der Waals surface area contributed by atoms with Crippen molar-refractivity contribution in [3.63, 3.8) is 0 Å². The lowest BCUT2D eigenvalue weighted by Gasteiger charge is -2.13. The normalized spacial score (nSPS) is 13.8. The fourth-order valence-electron chi connectivity index (χ4n) is 3.04. The highest BCUT2D eigenvalue weighted by Gasteiger charge is 2.27. The Morgan fingerprint density at radius 2 is 2.07 bits per heavy atom. The molecular formula is C20H19ClN4O4S. The van der Waals surface area contributed by atoms with E-state index >= 15 is 0 Å². The maximum Gasteiger partial charge on any atom is 0.239 e. The highest BCUT2D eigenvalue weighted by atomic mass is 35.5. The number of likely N-dealkylation sites (tertiary alicyclic amines) is 1. The second kappa shape index (κ2) is 9.36. The van der Waals surface area contributed by atoms with Gasteiger partial charge in [0, 0.05) is 18.0 Å². The fourth-order valence-corrected chi connectivity index (χ4v) is 4.00. The number of halogens is 1. The second-order valence-corrected chi connectivity index (χ2v) is 8.02. The van der Waals surface area contributed by atoms with E-state index in [1.807, 2.05) is 10.6 Å². The number of amides is 2. The molecule has 0 aliphatic carbocycles. The van der Waals surface area contributed by atoms with E-state index in [2.05, 4.69) is 10.2 Å². The van der Waals surface area contributed by atoms with Crippen LogP contribution in [0.25, 0.3) is 0 Å². The lowest BCUT2D eigenvalue weighted by atomic mass is 10.3. The Labute approximate surface area is 182 Å². The first-order valence-corrected chi connectivity index (χ1v) is 10.8. The zero-order valence-electron chi connectivity index (χ0n) is 16.0. The van der Waals surface area contributed by atoms with Crippen LogP contribution in [0.1, 0.15) is 24.4 Å². The standard InChI is InChI=1S/C20H19ClN4O4S/c21-14-5-7-15(8-6-14)29-12-17-22-23-20(25(17)11-16-3-2-10-28-16)30-13-19(27)24-9-1-4-18(24)26/h2-3,5-8,10H,1,4,9,11-13H2. The molecule has 1 aliphatic rings. The van der Waals surface area contributed by atoms with Gasteiger partial charge in [-0.15, -0.1) is 10.2 Å². The van der Waals surface area contributed by atoms with Crippen molar-refractivity contribution in [1.82, 2.24) is 19.7 Å². The van der Waals surface area contributed by atoms with Crippen molar-refractivity contribution in [1.29, 1.82) is 0 Å². The molecule has 3 aromatic rings. The summed E-state index contributed by atoms with van der Waals surface area (Å²) in [4.78, 5) is 25.5. The zero-order chi connectivity index (χ0) is 20.9. The van der Waals surface area contributed by atoms with Gasteiger partial charge in [-0.05, 0) is 42.8 Å². The number of hydrogen-bond donors (Lipinski definition) is 0. The molecule has 2 amide bonds. The van der Waals surface area contributed by atoms with Gasteiger partial charge in [-0.3, -0.25) is 19.1 Å². The van der Waals surface area contributed by atoms with Gasteiger partial charge in [-0.1, -0.05) is 23.4 Å². The molecule has 1 fully saturated rings. The SMILES string of the molecule is O=C1CCCN1C(=O)CSc1nnc(COc2ccc(Cl)cc2)n1Cc1ccco1. The largest absolute Gasteiger partial charge is 0.486 e. The van der Waals surface area contributed by atoms with Crippen LogP contribution in [0.3, 0.4) is 0 Å². The van der Waals surface area contributed by atoms with Gasteiger partial charge >= 0.3 is 0 Å². The molecule has 1 aromatic carbocycles. The summed E-state index contributed by atoms with van der Waals surface area (Å²) in [7, 11) is 0. The van der Waals surface area contributed by atoms with E-state index in [4.69, 9.17) is 20.8 Å². The predicted molar refractivity (Wildman–Crippen MR) is 110 cm³/mol. The topological polar surface area (TPSA) is 90.5 Å². The van der Waals surface area contributed by atoms with E-state index in [0.717, 1.165) is 12.2 Å². The van der Waals surface area contributed by atoms with E-state index in [1.165, 1.54) is 16.7 Å². The van der Waals surface area contributed by atoms with Crippen molar-refractivity contribution in [2.45, 2.75) is 31.1 Å². The summed E-state index contributed by atoms with van der Waals surface area (Å²) in [6.45, 7) is 1.07. The second-order valence-electron chi connectivity index (χ2n) is 6.64. The van der Waals surface area contributed by atoms with Crippen LogP contribution >= 0.6 is 23.4 Å². The molecule has 0 unspecified atom stereocenters. The molecule has 30 heavy (non-hydrogen) atoms. The van der Waals surface area contributed by atoms with E-state index in [0.29, 0.717) is 41.3 Å². The third-order valence-electron chi connectivity index (χ3n) is 4.57. The molecule has 0 saturated carbocycles. The van der Waals surface area contributed by atoms with Gasteiger partial charge in [-0.25, -0.2) is 0 Å². The Balaban J connectivity index is 1.47. The number of thioether (sulfide) groups is 1. The lowest BCUT2D eigenvalue weighted by Crippen LogP contribution is -2.33. The van der Waals surface area contributed by atoms with Crippen molar-refractivity contribution in [3.05, 3.63) is 59.3 Å². The molecule has 0 bridgehead atoms. The van der Waals surface area contributed by atoms with Crippen LogP contribution in [0.2, 0.25) is 5.02 Å². The number of hydrogen-bond acceptors (Lipinski definition) is 7. The van der Waals surface area contributed by atoms with Gasteiger partial charge in [-0.2, -0.15) is 0 Å². The van der Waals surface area contributed by atoms with E-state index < -0.39 is 0 Å². The molecule has 3 heterocycles. The van der Waals surface area contributed by atoms with E-state index in [-0.39, 0.29) is 24.2 Å². The highest BCUT2D eigenvalue weighted by molar-refractivity contribution is 7.99. The van der Waals surface area contributed by atoms with Gasteiger partial charge in [0.05, 0.1) is 18.6 Å². The molecule has 156 valence electrons. The maximum atomic E-state index is 12.4. The van der Waals surface area contributed by atoms with Crippen LogP contribution in [0.15, 0.2) is 52.2 Å². The third-order valence-corrected chi connectivity index (χ3v) is 5.77. The monoisotopic (exact) mass is 446 g/mol. The van der Waals surface area contributed by atoms with Crippen molar-refractivity contribution in [3.8, 4) is 5.75 Å². The Bertz CT molecular complexity index is 1020. The van der Waals surface area contributed by atoms with Crippen molar-refractivity contribution in [2.75, 3.05) is 12.3 Å². The first-order valence-electron chi connectivity index (χ1n) is 9.39. The number of carbonyl (C=O) groups excluding carboxylic acids is 2. The van der Waals surface area contributed by atoms with Gasteiger partial charge in [0.25, 0.3) is 0 Å². The first-order chi connectivity index (χ1) is 14.6. The van der Waals surface area contributed by atoms with E-state index in [9.17, 15) is 9.59 Å². The minimum absolute atomic E-state index is 0.111. The molecule has 4 rings (SSSR count). The minimum Gasteiger partial charge on any atom is -0.486 e. The molecule has 0 N–H and O–H groups in total. The molecule has 0 spiro atoms. The fraction of sp³-hybridized carbons (Fsp3) is 0.300. The smallest absolute Gasteiger partial charge is 0.239 e. The number of imide groups is 1. The molecule has 8 nitrogen and oxygen atoms in total. The van der Waals surface area contributed by atoms with Gasteiger partial charge in [0.2, 0.25) is 11.8 Å². The Morgan fingerprint density at radius 3 is 2.77 bits per heavy atom. The summed E-state index contributed by atoms with van der Waals surface area (Å²) < 4.78 is 13.1. The Kier molecular flexibility index (Phi) is 6.39. The summed E-state index contributed by atoms with van der Waals surface area (Å²) in [5, 5.41) is 9.63. The van der Waals surface area contributed by atoms with Crippen molar-refractivity contribution >= 4 is 35.2 Å². The van der Waals surface area contributed by atoms with Crippen LogP contribution in [0.4, 0.5) is 0 Å². The van der Waals surface area contributed by atoms with Crippen LogP contribution in [-0.4, -0.2) is 43.8 Å². The number of carbonyl (C=O) groups is 2. The minimum atomic E-state index is -0.214. The molecular weight excluding hydrogens is 428 g/mol. The number of benzene rings is 1. The molecule has 0 radical (unpaired) electrons. The van der Waals surface area contributed by atoms with Crippen LogP contribution in [-0.2, 0) is 22.7 Å². The van der Waals surface area contributed by atoms with Gasteiger partial charge in [0.1, 0.15) is 18.1 Å². The quantitative estimate of drug-likeness (QED) is 0.490. The molecule has 0 atom stereocenters. The number of rotatable bonds is 8. The average Bonchev–Trinajstić information content (AvgIpc) is 3.49. The zero-order valence-corrected chi connectivity index (χ0v) is 17.6. The highest BCUT2D eigenvalue weighted by Crippen LogP contribution is 2.22. The van der Waals surface area contributed by atoms with Gasteiger partial charge in [0.15, 0.2) is 11.0 Å². The molecule has 1 aliphatic heterocycles. The van der Waals surface area contributed by atoms with E-state index in [1.54, 1.807) is 36.6 Å². The average molecular weight is 447 g/mol. The summed E-state index contributed by atoms with van der Waals surface area (Å²) in [5.41, 5.74) is 0. The third kappa shape index (κ3) is 4.85. The molecule has 10 heteroatoms. The van der Waals surface area contributed by atoms with Crippen LogP contribution < -0.4 is 4.74 Å². The number of aromatic nitrogens is 3. The Hall–Kier alpha value is -2.78. The predicted octanol–water partition coefficient (Wildman–Crippen LogP) is 3.39. The van der Waals surface area contributed by atoms with Crippen molar-refractivity contribution < 1.29 is 18.7 Å². The first kappa shape index (κ1) is 20.5. The number of furan rings is 1. The molecule has 2 aromatic heterocycles. The number of ether oxygens (including phenoxy) is 1. The Morgan fingerprint density at radius 1 is 1.23 bits per heavy atom. The summed E-state index contributed by atoms with van der Waals surface area (Å²) in [6.07, 6.45) is 2.74. The number of nitrogens with zero attached hydrogens (tertiary/aromatic N) is 4. The summed E-state index contributed by atoms with van der Waals surface area (Å²) >= 11 is 7.15. The summed E-state index contributed by atoms with van der Waals surface area (Å²) in [5.74, 6) is 1.76. The van der Waals surface area contributed by atoms with Crippen LogP contribution in [0.5, 0.6) is 5.75 Å². The molecule has 1 saturated heterocycles. The lowest BCUT2D eigenvalue weighted by molar-refractivity contribution is -0.140.